The Morgan fingerprint density at radius 1 is 1.04 bits per heavy atom. The van der Waals surface area contributed by atoms with Gasteiger partial charge in [-0.25, -0.2) is 8.51 Å². The molecule has 5 heteroatoms. The van der Waals surface area contributed by atoms with Crippen molar-refractivity contribution in [3.05, 3.63) is 60.7 Å². The van der Waals surface area contributed by atoms with Crippen LogP contribution >= 0.6 is 9.21 Å². The van der Waals surface area contributed by atoms with E-state index in [0.29, 0.717) is 0 Å². The smallest absolute Gasteiger partial charge is 0.129 e. The first-order valence-electron chi connectivity index (χ1n) is 9.13. The third-order valence-corrected chi connectivity index (χ3v) is 7.66. The largest absolute Gasteiger partial charge is 0.354 e. The van der Waals surface area contributed by atoms with Crippen LogP contribution in [0.25, 0.3) is 5.70 Å². The normalized spacial score (nSPS) is 16.6. The van der Waals surface area contributed by atoms with Gasteiger partial charge in [-0.2, -0.15) is 9.21 Å². The van der Waals surface area contributed by atoms with Gasteiger partial charge in [0.05, 0.1) is 10.6 Å². The number of hydrogen-bond donors (Lipinski definition) is 1. The summed E-state index contributed by atoms with van der Waals surface area (Å²) in [4.78, 5) is 1.97. The highest BCUT2D eigenvalue weighted by molar-refractivity contribution is 8.27. The van der Waals surface area contributed by atoms with Gasteiger partial charge in [-0.3, -0.25) is 0 Å². The fraction of sp³-hybridized carbons (Fsp3) is 0.273. The summed E-state index contributed by atoms with van der Waals surface area (Å²) in [5.41, 5.74) is 2.63. The summed E-state index contributed by atoms with van der Waals surface area (Å²) in [5, 5.41) is 3.37. The molecule has 144 valence electrons. The van der Waals surface area contributed by atoms with Crippen LogP contribution in [-0.2, 0) is 11.0 Å². The Morgan fingerprint density at radius 3 is 2.30 bits per heavy atom. The van der Waals surface area contributed by atoms with Gasteiger partial charge in [-0.15, -0.1) is 0 Å². The predicted molar refractivity (Wildman–Crippen MR) is 123 cm³/mol. The lowest BCUT2D eigenvalue weighted by Crippen LogP contribution is -2.31. The van der Waals surface area contributed by atoms with Gasteiger partial charge < -0.3 is 5.32 Å². The summed E-state index contributed by atoms with van der Waals surface area (Å²) < 4.78 is 15.1. The molecule has 0 radical (unpaired) electrons. The highest BCUT2D eigenvalue weighted by atomic mass is 32.2. The SMILES string of the molecule is C=C(Nc1ccccc1S(=O)N1CCCCC1)c1ccc(S(=C)(=C)C)cc1. The van der Waals surface area contributed by atoms with Crippen LogP contribution in [0.1, 0.15) is 24.8 Å². The maximum atomic E-state index is 13.0. The van der Waals surface area contributed by atoms with Crippen LogP contribution in [0.15, 0.2) is 64.9 Å². The van der Waals surface area contributed by atoms with E-state index in [1.165, 1.54) is 6.42 Å². The number of anilines is 1. The molecule has 1 atom stereocenters. The summed E-state index contributed by atoms with van der Waals surface area (Å²) in [7, 11) is -2.38. The molecule has 1 aliphatic heterocycles. The summed E-state index contributed by atoms with van der Waals surface area (Å²) >= 11 is 0. The second-order valence-corrected chi connectivity index (χ2v) is 11.6. The second-order valence-electron chi connectivity index (χ2n) is 7.14. The van der Waals surface area contributed by atoms with Crippen molar-refractivity contribution in [2.45, 2.75) is 29.1 Å². The van der Waals surface area contributed by atoms with Crippen LogP contribution in [0.5, 0.6) is 0 Å². The lowest BCUT2D eigenvalue weighted by molar-refractivity contribution is 0.365. The predicted octanol–water partition coefficient (Wildman–Crippen LogP) is 4.94. The van der Waals surface area contributed by atoms with Crippen molar-refractivity contribution in [1.82, 2.24) is 4.31 Å². The summed E-state index contributed by atoms with van der Waals surface area (Å²) in [5.74, 6) is 8.31. The van der Waals surface area contributed by atoms with E-state index in [1.807, 2.05) is 36.4 Å². The first-order chi connectivity index (χ1) is 12.9. The third kappa shape index (κ3) is 4.92. The second kappa shape index (κ2) is 8.46. The van der Waals surface area contributed by atoms with Gasteiger partial charge >= 0.3 is 0 Å². The molecule has 0 amide bonds. The quantitative estimate of drug-likeness (QED) is 0.697. The lowest BCUT2D eigenvalue weighted by Gasteiger charge is -2.26. The molecule has 2 aromatic rings. The number of rotatable bonds is 6. The van der Waals surface area contributed by atoms with Gasteiger partial charge in [0.1, 0.15) is 11.0 Å². The fourth-order valence-electron chi connectivity index (χ4n) is 3.11. The monoisotopic (exact) mass is 400 g/mol. The van der Waals surface area contributed by atoms with Gasteiger partial charge in [0.25, 0.3) is 0 Å². The lowest BCUT2D eigenvalue weighted by atomic mass is 10.1. The third-order valence-electron chi connectivity index (χ3n) is 4.68. The Hall–Kier alpha value is -1.82. The fourth-order valence-corrected chi connectivity index (χ4v) is 5.27. The number of benzene rings is 2. The molecule has 0 spiro atoms. The molecule has 1 heterocycles. The maximum absolute atomic E-state index is 13.0. The van der Waals surface area contributed by atoms with E-state index in [0.717, 1.165) is 52.7 Å². The van der Waals surface area contributed by atoms with Crippen LogP contribution in [0.3, 0.4) is 0 Å². The van der Waals surface area contributed by atoms with Crippen molar-refractivity contribution in [2.75, 3.05) is 24.7 Å². The van der Waals surface area contributed by atoms with E-state index in [1.54, 1.807) is 0 Å². The van der Waals surface area contributed by atoms with E-state index in [-0.39, 0.29) is 0 Å². The van der Waals surface area contributed by atoms with Crippen LogP contribution in [0, 0.1) is 0 Å². The Bertz CT molecular complexity index is 941. The van der Waals surface area contributed by atoms with E-state index in [4.69, 9.17) is 0 Å². The average molecular weight is 401 g/mol. The van der Waals surface area contributed by atoms with Gasteiger partial charge in [-0.1, -0.05) is 49.0 Å². The zero-order valence-electron chi connectivity index (χ0n) is 15.9. The van der Waals surface area contributed by atoms with Crippen molar-refractivity contribution in [1.29, 1.82) is 0 Å². The van der Waals surface area contributed by atoms with Crippen LogP contribution < -0.4 is 5.32 Å². The minimum atomic E-state index is -1.23. The van der Waals surface area contributed by atoms with Crippen molar-refractivity contribution in [3.8, 4) is 0 Å². The molecular weight excluding hydrogens is 372 g/mol. The molecule has 3 nitrogen and oxygen atoms in total. The molecule has 3 rings (SSSR count). The molecule has 0 aromatic heterocycles. The molecule has 27 heavy (non-hydrogen) atoms. The van der Waals surface area contributed by atoms with E-state index in [9.17, 15) is 4.21 Å². The Balaban J connectivity index is 1.79. The minimum absolute atomic E-state index is 0.787. The molecular formula is C22H28N2OS2. The first kappa shape index (κ1) is 19.9. The molecule has 0 aliphatic carbocycles. The zero-order chi connectivity index (χ0) is 19.4. The van der Waals surface area contributed by atoms with Crippen molar-refractivity contribution >= 4 is 43.3 Å². The van der Waals surface area contributed by atoms with Crippen molar-refractivity contribution < 1.29 is 4.21 Å². The minimum Gasteiger partial charge on any atom is -0.354 e. The topological polar surface area (TPSA) is 32.3 Å². The van der Waals surface area contributed by atoms with Gasteiger partial charge in [0.2, 0.25) is 0 Å². The highest BCUT2D eigenvalue weighted by Crippen LogP contribution is 2.30. The molecule has 1 aliphatic rings. The molecule has 2 aromatic carbocycles. The summed E-state index contributed by atoms with van der Waals surface area (Å²) in [6.07, 6.45) is 5.52. The van der Waals surface area contributed by atoms with E-state index >= 15 is 0 Å². The van der Waals surface area contributed by atoms with Crippen LogP contribution in [0.2, 0.25) is 0 Å². The molecule has 1 saturated heterocycles. The highest BCUT2D eigenvalue weighted by Gasteiger charge is 2.20. The Kier molecular flexibility index (Phi) is 6.25. The van der Waals surface area contributed by atoms with Crippen LogP contribution in [-0.4, -0.2) is 39.6 Å². The van der Waals surface area contributed by atoms with Crippen LogP contribution in [0.4, 0.5) is 5.69 Å². The molecule has 0 bridgehead atoms. The van der Waals surface area contributed by atoms with Gasteiger partial charge in [-0.05, 0) is 53.8 Å². The number of piperidine rings is 1. The van der Waals surface area contributed by atoms with Crippen molar-refractivity contribution in [3.63, 3.8) is 0 Å². The van der Waals surface area contributed by atoms with E-state index in [2.05, 4.69) is 46.3 Å². The van der Waals surface area contributed by atoms with Crippen molar-refractivity contribution in [2.24, 2.45) is 0 Å². The molecule has 1 unspecified atom stereocenters. The van der Waals surface area contributed by atoms with Gasteiger partial charge in [0.15, 0.2) is 0 Å². The first-order valence-corrected chi connectivity index (χ1v) is 12.6. The average Bonchev–Trinajstić information content (AvgIpc) is 2.68. The standard InChI is InChI=1S/C22H28N2OS2/c1-18(19-12-14-20(15-13-19)27(2,3)4)23-21-10-6-7-11-22(21)26(25)24-16-8-5-9-17-24/h6-7,10-15,23H,1-3,5,8-9,16-17H2,4H3. The molecule has 0 saturated carbocycles. The Labute approximate surface area is 166 Å². The Morgan fingerprint density at radius 2 is 1.67 bits per heavy atom. The molecule has 1 fully saturated rings. The van der Waals surface area contributed by atoms with E-state index < -0.39 is 20.2 Å². The number of nitrogens with zero attached hydrogens (tertiary/aromatic N) is 1. The number of para-hydroxylation sites is 1. The summed E-state index contributed by atoms with van der Waals surface area (Å²) in [6.45, 7) is 5.96. The summed E-state index contributed by atoms with van der Waals surface area (Å²) in [6, 6.07) is 16.0. The number of nitrogens with one attached hydrogen (secondary N) is 1. The number of hydrogen-bond acceptors (Lipinski definition) is 2. The molecule has 1 N–H and O–H groups in total. The van der Waals surface area contributed by atoms with Gasteiger partial charge in [0, 0.05) is 18.8 Å². The zero-order valence-corrected chi connectivity index (χ0v) is 17.6. The maximum Gasteiger partial charge on any atom is 0.129 e.